The van der Waals surface area contributed by atoms with Crippen LogP contribution in [0.15, 0.2) is 0 Å². The zero-order valence-electron chi connectivity index (χ0n) is 12.0. The van der Waals surface area contributed by atoms with Crippen LogP contribution in [0.25, 0.3) is 0 Å². The van der Waals surface area contributed by atoms with Gasteiger partial charge in [-0.05, 0) is 71.8 Å². The maximum Gasteiger partial charge on any atom is 0.0220 e. The van der Waals surface area contributed by atoms with Crippen LogP contribution in [0.5, 0.6) is 0 Å². The first-order valence-corrected chi connectivity index (χ1v) is 7.22. The molecule has 2 N–H and O–H groups in total. The molecule has 0 aromatic heterocycles. The highest BCUT2D eigenvalue weighted by atomic mass is 15.2. The summed E-state index contributed by atoms with van der Waals surface area (Å²) >= 11 is 0. The van der Waals surface area contributed by atoms with Crippen LogP contribution in [0.2, 0.25) is 0 Å². The highest BCUT2D eigenvalue weighted by Gasteiger charge is 2.21. The average Bonchev–Trinajstić information content (AvgIpc) is 2.65. The summed E-state index contributed by atoms with van der Waals surface area (Å²) in [5.41, 5.74) is 5.57. The van der Waals surface area contributed by atoms with Gasteiger partial charge in [-0.1, -0.05) is 6.92 Å². The van der Waals surface area contributed by atoms with Gasteiger partial charge < -0.3 is 15.5 Å². The summed E-state index contributed by atoms with van der Waals surface area (Å²) in [6, 6.07) is 0.793. The maximum atomic E-state index is 5.57. The zero-order chi connectivity index (χ0) is 12.7. The quantitative estimate of drug-likeness (QED) is 0.703. The van der Waals surface area contributed by atoms with Crippen LogP contribution in [0.4, 0.5) is 0 Å². The molecule has 1 saturated heterocycles. The van der Waals surface area contributed by atoms with E-state index in [0.717, 1.165) is 18.5 Å². The molecule has 0 saturated carbocycles. The molecule has 0 spiro atoms. The Morgan fingerprint density at radius 3 is 2.76 bits per heavy atom. The lowest BCUT2D eigenvalue weighted by Crippen LogP contribution is -2.37. The number of hydrogen-bond donors (Lipinski definition) is 1. The second-order valence-corrected chi connectivity index (χ2v) is 5.86. The molecule has 0 radical (unpaired) electrons. The van der Waals surface area contributed by atoms with Crippen molar-refractivity contribution in [1.82, 2.24) is 9.80 Å². The second-order valence-electron chi connectivity index (χ2n) is 5.86. The second kappa shape index (κ2) is 8.06. The molecule has 3 nitrogen and oxygen atoms in total. The number of likely N-dealkylation sites (tertiary alicyclic amines) is 1. The van der Waals surface area contributed by atoms with Crippen LogP contribution in [0.1, 0.15) is 39.0 Å². The maximum absolute atomic E-state index is 5.57. The van der Waals surface area contributed by atoms with E-state index in [1.165, 1.54) is 51.7 Å². The number of nitrogens with zero attached hydrogens (tertiary/aromatic N) is 2. The van der Waals surface area contributed by atoms with Gasteiger partial charge in [-0.2, -0.15) is 0 Å². The van der Waals surface area contributed by atoms with Gasteiger partial charge in [-0.15, -0.1) is 0 Å². The smallest absolute Gasteiger partial charge is 0.0220 e. The van der Waals surface area contributed by atoms with Crippen LogP contribution in [-0.2, 0) is 0 Å². The minimum Gasteiger partial charge on any atom is -0.330 e. The fourth-order valence-corrected chi connectivity index (χ4v) is 2.80. The van der Waals surface area contributed by atoms with E-state index in [-0.39, 0.29) is 0 Å². The average molecular weight is 241 g/mol. The van der Waals surface area contributed by atoms with Gasteiger partial charge in [0.05, 0.1) is 0 Å². The van der Waals surface area contributed by atoms with Crippen LogP contribution in [-0.4, -0.2) is 56.1 Å². The van der Waals surface area contributed by atoms with Gasteiger partial charge in [0.15, 0.2) is 0 Å². The molecule has 0 bridgehead atoms. The van der Waals surface area contributed by atoms with E-state index in [1.54, 1.807) is 0 Å². The Labute approximate surface area is 107 Å². The SMILES string of the molecule is CC(CCN)CCCN(C)CC1CCCN1C. The molecule has 1 fully saturated rings. The van der Waals surface area contributed by atoms with Crippen molar-refractivity contribution >= 4 is 0 Å². The Morgan fingerprint density at radius 1 is 1.41 bits per heavy atom. The number of rotatable bonds is 8. The largest absolute Gasteiger partial charge is 0.330 e. The summed E-state index contributed by atoms with van der Waals surface area (Å²) in [6.07, 6.45) is 6.57. The molecule has 1 rings (SSSR count). The van der Waals surface area contributed by atoms with Gasteiger partial charge in [0.1, 0.15) is 0 Å². The van der Waals surface area contributed by atoms with E-state index in [9.17, 15) is 0 Å². The molecular formula is C14H31N3. The summed E-state index contributed by atoms with van der Waals surface area (Å²) in [6.45, 7) is 6.91. The lowest BCUT2D eigenvalue weighted by molar-refractivity contribution is 0.215. The van der Waals surface area contributed by atoms with Crippen LogP contribution < -0.4 is 5.73 Å². The molecule has 2 unspecified atom stereocenters. The zero-order valence-corrected chi connectivity index (χ0v) is 12.0. The monoisotopic (exact) mass is 241 g/mol. The molecule has 0 amide bonds. The molecule has 2 atom stereocenters. The molecule has 0 aromatic carbocycles. The standard InChI is InChI=1S/C14H31N3/c1-13(8-9-15)6-4-10-16(2)12-14-7-5-11-17(14)3/h13-14H,4-12,15H2,1-3H3. The Balaban J connectivity index is 2.06. The van der Waals surface area contributed by atoms with Crippen LogP contribution in [0, 0.1) is 5.92 Å². The van der Waals surface area contributed by atoms with Crippen molar-refractivity contribution in [1.29, 1.82) is 0 Å². The predicted octanol–water partition coefficient (Wildman–Crippen LogP) is 1.78. The first kappa shape index (κ1) is 14.9. The summed E-state index contributed by atoms with van der Waals surface area (Å²) in [4.78, 5) is 5.01. The van der Waals surface area contributed by atoms with Crippen molar-refractivity contribution in [2.75, 3.05) is 40.3 Å². The first-order chi connectivity index (χ1) is 8.13. The normalized spacial score (nSPS) is 23.5. The van der Waals surface area contributed by atoms with Crippen LogP contribution >= 0.6 is 0 Å². The Hall–Kier alpha value is -0.120. The Kier molecular flexibility index (Phi) is 7.09. The minimum atomic E-state index is 0.793. The molecule has 1 aliphatic rings. The predicted molar refractivity (Wildman–Crippen MR) is 75.2 cm³/mol. The summed E-state index contributed by atoms with van der Waals surface area (Å²) in [5.74, 6) is 0.794. The third kappa shape index (κ3) is 5.84. The van der Waals surface area contributed by atoms with E-state index in [0.29, 0.717) is 0 Å². The van der Waals surface area contributed by atoms with Crippen molar-refractivity contribution < 1.29 is 0 Å². The highest BCUT2D eigenvalue weighted by molar-refractivity contribution is 4.78. The van der Waals surface area contributed by atoms with Crippen molar-refractivity contribution in [2.24, 2.45) is 11.7 Å². The van der Waals surface area contributed by atoms with Crippen molar-refractivity contribution in [3.05, 3.63) is 0 Å². The summed E-state index contributed by atoms with van der Waals surface area (Å²) in [7, 11) is 4.52. The van der Waals surface area contributed by atoms with E-state index in [1.807, 2.05) is 0 Å². The fraction of sp³-hybridized carbons (Fsp3) is 1.00. The highest BCUT2D eigenvalue weighted by Crippen LogP contribution is 2.16. The third-order valence-corrected chi connectivity index (χ3v) is 4.09. The molecule has 17 heavy (non-hydrogen) atoms. The topological polar surface area (TPSA) is 32.5 Å². The number of likely N-dealkylation sites (N-methyl/N-ethyl adjacent to an activating group) is 2. The van der Waals surface area contributed by atoms with Gasteiger partial charge in [0, 0.05) is 12.6 Å². The van der Waals surface area contributed by atoms with Gasteiger partial charge >= 0.3 is 0 Å². The van der Waals surface area contributed by atoms with E-state index < -0.39 is 0 Å². The van der Waals surface area contributed by atoms with E-state index >= 15 is 0 Å². The Morgan fingerprint density at radius 2 is 2.18 bits per heavy atom. The van der Waals surface area contributed by atoms with Gasteiger partial charge in [0.25, 0.3) is 0 Å². The molecule has 0 aromatic rings. The summed E-state index contributed by atoms with van der Waals surface area (Å²) in [5, 5.41) is 0. The van der Waals surface area contributed by atoms with E-state index in [2.05, 4.69) is 30.8 Å². The van der Waals surface area contributed by atoms with Gasteiger partial charge in [-0.3, -0.25) is 0 Å². The third-order valence-electron chi connectivity index (χ3n) is 4.09. The van der Waals surface area contributed by atoms with Crippen LogP contribution in [0.3, 0.4) is 0 Å². The lowest BCUT2D eigenvalue weighted by Gasteiger charge is -2.26. The number of nitrogens with two attached hydrogens (primary N) is 1. The van der Waals surface area contributed by atoms with Crippen molar-refractivity contribution in [2.45, 2.75) is 45.1 Å². The molecule has 0 aliphatic carbocycles. The fourth-order valence-electron chi connectivity index (χ4n) is 2.80. The lowest BCUT2D eigenvalue weighted by atomic mass is 10.0. The first-order valence-electron chi connectivity index (χ1n) is 7.22. The Bertz CT molecular complexity index is 196. The van der Waals surface area contributed by atoms with E-state index in [4.69, 9.17) is 5.73 Å². The molecule has 3 heteroatoms. The molecule has 102 valence electrons. The van der Waals surface area contributed by atoms with Crippen molar-refractivity contribution in [3.63, 3.8) is 0 Å². The molecule has 1 heterocycles. The van der Waals surface area contributed by atoms with Gasteiger partial charge in [-0.25, -0.2) is 0 Å². The molecular weight excluding hydrogens is 210 g/mol. The van der Waals surface area contributed by atoms with Crippen molar-refractivity contribution in [3.8, 4) is 0 Å². The molecule has 1 aliphatic heterocycles. The summed E-state index contributed by atoms with van der Waals surface area (Å²) < 4.78 is 0. The number of hydrogen-bond acceptors (Lipinski definition) is 3. The van der Waals surface area contributed by atoms with Gasteiger partial charge in [0.2, 0.25) is 0 Å². The minimum absolute atomic E-state index is 0.793.